The standard InChI is InChI=1S/C23H30N4O2/c1-3-26(4-2)21-12-10-20(11-13-21)24-22(28)18-25-14-16-27(17-15-25)23(29)19-8-6-5-7-9-19/h5-13H,3-4,14-18H2,1-2H3,(H,24,28). The Balaban J connectivity index is 1.45. The average Bonchev–Trinajstić information content (AvgIpc) is 2.76. The van der Waals surface area contributed by atoms with E-state index in [0.717, 1.165) is 24.5 Å². The van der Waals surface area contributed by atoms with E-state index in [1.165, 1.54) is 0 Å². The van der Waals surface area contributed by atoms with Crippen LogP contribution in [0.2, 0.25) is 0 Å². The van der Waals surface area contributed by atoms with Gasteiger partial charge in [-0.2, -0.15) is 0 Å². The molecule has 0 unspecified atom stereocenters. The van der Waals surface area contributed by atoms with E-state index in [1.807, 2.05) is 59.5 Å². The fourth-order valence-electron chi connectivity index (χ4n) is 3.62. The Morgan fingerprint density at radius 2 is 1.52 bits per heavy atom. The minimum Gasteiger partial charge on any atom is -0.372 e. The van der Waals surface area contributed by atoms with Gasteiger partial charge in [0.15, 0.2) is 0 Å². The number of carbonyl (C=O) groups is 2. The maximum atomic E-state index is 12.5. The van der Waals surface area contributed by atoms with E-state index in [9.17, 15) is 9.59 Å². The Bertz CT molecular complexity index is 795. The normalized spacial score (nSPS) is 14.5. The summed E-state index contributed by atoms with van der Waals surface area (Å²) in [5.41, 5.74) is 2.68. The SMILES string of the molecule is CCN(CC)c1ccc(NC(=O)CN2CCN(C(=O)c3ccccc3)CC2)cc1. The highest BCUT2D eigenvalue weighted by atomic mass is 16.2. The van der Waals surface area contributed by atoms with E-state index >= 15 is 0 Å². The van der Waals surface area contributed by atoms with E-state index in [4.69, 9.17) is 0 Å². The van der Waals surface area contributed by atoms with Crippen molar-refractivity contribution in [3.63, 3.8) is 0 Å². The summed E-state index contributed by atoms with van der Waals surface area (Å²) in [4.78, 5) is 31.1. The van der Waals surface area contributed by atoms with E-state index in [2.05, 4.69) is 29.0 Å². The van der Waals surface area contributed by atoms with Gasteiger partial charge < -0.3 is 15.1 Å². The van der Waals surface area contributed by atoms with Gasteiger partial charge in [0.2, 0.25) is 5.91 Å². The molecule has 6 nitrogen and oxygen atoms in total. The van der Waals surface area contributed by atoms with Crippen LogP contribution in [0.5, 0.6) is 0 Å². The fourth-order valence-corrected chi connectivity index (χ4v) is 3.62. The number of piperazine rings is 1. The predicted octanol–water partition coefficient (Wildman–Crippen LogP) is 2.93. The van der Waals surface area contributed by atoms with Crippen molar-refractivity contribution in [1.29, 1.82) is 0 Å². The number of anilines is 2. The molecule has 0 aliphatic carbocycles. The Morgan fingerprint density at radius 3 is 2.10 bits per heavy atom. The van der Waals surface area contributed by atoms with Crippen LogP contribution in [0.15, 0.2) is 54.6 Å². The summed E-state index contributed by atoms with van der Waals surface area (Å²) in [7, 11) is 0. The summed E-state index contributed by atoms with van der Waals surface area (Å²) in [6.07, 6.45) is 0. The van der Waals surface area contributed by atoms with Gasteiger partial charge in [0.25, 0.3) is 5.91 Å². The number of nitrogens with one attached hydrogen (secondary N) is 1. The maximum absolute atomic E-state index is 12.5. The summed E-state index contributed by atoms with van der Waals surface area (Å²) in [6.45, 7) is 9.20. The lowest BCUT2D eigenvalue weighted by molar-refractivity contribution is -0.117. The monoisotopic (exact) mass is 394 g/mol. The van der Waals surface area contributed by atoms with Gasteiger partial charge in [0, 0.05) is 56.2 Å². The molecular formula is C23H30N4O2. The summed E-state index contributed by atoms with van der Waals surface area (Å²) in [5, 5.41) is 2.97. The number of rotatable bonds is 7. The van der Waals surface area contributed by atoms with Crippen LogP contribution in [0.3, 0.4) is 0 Å². The van der Waals surface area contributed by atoms with E-state index in [-0.39, 0.29) is 11.8 Å². The Labute approximate surface area is 173 Å². The van der Waals surface area contributed by atoms with Crippen LogP contribution in [0.25, 0.3) is 0 Å². The molecule has 2 aromatic carbocycles. The van der Waals surface area contributed by atoms with Crippen LogP contribution in [-0.4, -0.2) is 67.4 Å². The zero-order valence-corrected chi connectivity index (χ0v) is 17.3. The molecule has 2 amide bonds. The van der Waals surface area contributed by atoms with E-state index < -0.39 is 0 Å². The minimum atomic E-state index is -0.0246. The minimum absolute atomic E-state index is 0.0246. The van der Waals surface area contributed by atoms with Gasteiger partial charge in [-0.05, 0) is 50.2 Å². The van der Waals surface area contributed by atoms with Crippen molar-refractivity contribution in [2.75, 3.05) is 56.0 Å². The van der Waals surface area contributed by atoms with Crippen LogP contribution in [0.4, 0.5) is 11.4 Å². The van der Waals surface area contributed by atoms with Crippen LogP contribution in [0, 0.1) is 0 Å². The first-order valence-electron chi connectivity index (χ1n) is 10.3. The molecule has 0 aromatic heterocycles. The molecule has 0 atom stereocenters. The lowest BCUT2D eigenvalue weighted by atomic mass is 10.2. The molecule has 0 bridgehead atoms. The number of carbonyl (C=O) groups excluding carboxylic acids is 2. The van der Waals surface area contributed by atoms with Crippen molar-refractivity contribution in [3.8, 4) is 0 Å². The van der Waals surface area contributed by atoms with Gasteiger partial charge in [0.1, 0.15) is 0 Å². The zero-order chi connectivity index (χ0) is 20.6. The first-order valence-corrected chi connectivity index (χ1v) is 10.3. The molecule has 1 aliphatic heterocycles. The fraction of sp³-hybridized carbons (Fsp3) is 0.391. The highest BCUT2D eigenvalue weighted by molar-refractivity contribution is 5.94. The zero-order valence-electron chi connectivity index (χ0n) is 17.3. The summed E-state index contributed by atoms with van der Waals surface area (Å²) >= 11 is 0. The molecule has 2 aromatic rings. The van der Waals surface area contributed by atoms with Gasteiger partial charge in [-0.1, -0.05) is 18.2 Å². The van der Waals surface area contributed by atoms with Crippen molar-refractivity contribution in [2.45, 2.75) is 13.8 Å². The number of amides is 2. The van der Waals surface area contributed by atoms with Crippen molar-refractivity contribution < 1.29 is 9.59 Å². The number of hydrogen-bond acceptors (Lipinski definition) is 4. The Morgan fingerprint density at radius 1 is 0.897 bits per heavy atom. The van der Waals surface area contributed by atoms with Gasteiger partial charge in [-0.25, -0.2) is 0 Å². The van der Waals surface area contributed by atoms with Gasteiger partial charge in [0.05, 0.1) is 6.54 Å². The van der Waals surface area contributed by atoms with Crippen LogP contribution in [-0.2, 0) is 4.79 Å². The topological polar surface area (TPSA) is 55.9 Å². The van der Waals surface area contributed by atoms with Crippen molar-refractivity contribution in [2.24, 2.45) is 0 Å². The summed E-state index contributed by atoms with van der Waals surface area (Å²) in [6, 6.07) is 17.3. The average molecular weight is 395 g/mol. The summed E-state index contributed by atoms with van der Waals surface area (Å²) < 4.78 is 0. The van der Waals surface area contributed by atoms with Crippen LogP contribution in [0.1, 0.15) is 24.2 Å². The molecule has 1 aliphatic rings. The lowest BCUT2D eigenvalue weighted by Crippen LogP contribution is -2.50. The molecule has 1 N–H and O–H groups in total. The number of hydrogen-bond donors (Lipinski definition) is 1. The Kier molecular flexibility index (Phi) is 7.25. The first kappa shape index (κ1) is 20.9. The quantitative estimate of drug-likeness (QED) is 0.785. The molecule has 1 fully saturated rings. The molecule has 0 spiro atoms. The van der Waals surface area contributed by atoms with Crippen molar-refractivity contribution in [3.05, 3.63) is 60.2 Å². The molecule has 0 saturated carbocycles. The third kappa shape index (κ3) is 5.57. The largest absolute Gasteiger partial charge is 0.372 e. The van der Waals surface area contributed by atoms with Crippen molar-refractivity contribution >= 4 is 23.2 Å². The molecular weight excluding hydrogens is 364 g/mol. The second kappa shape index (κ2) is 10.1. The highest BCUT2D eigenvalue weighted by Gasteiger charge is 2.23. The molecule has 1 saturated heterocycles. The van der Waals surface area contributed by atoms with E-state index in [0.29, 0.717) is 38.3 Å². The molecule has 29 heavy (non-hydrogen) atoms. The molecule has 0 radical (unpaired) electrons. The van der Waals surface area contributed by atoms with Crippen LogP contribution >= 0.6 is 0 Å². The molecule has 6 heteroatoms. The first-order chi connectivity index (χ1) is 14.1. The smallest absolute Gasteiger partial charge is 0.253 e. The second-order valence-corrected chi connectivity index (χ2v) is 7.20. The maximum Gasteiger partial charge on any atom is 0.253 e. The Hall–Kier alpha value is -2.86. The van der Waals surface area contributed by atoms with Gasteiger partial charge >= 0.3 is 0 Å². The number of nitrogens with zero attached hydrogens (tertiary/aromatic N) is 3. The predicted molar refractivity (Wildman–Crippen MR) is 117 cm³/mol. The molecule has 154 valence electrons. The lowest BCUT2D eigenvalue weighted by Gasteiger charge is -2.34. The van der Waals surface area contributed by atoms with Crippen LogP contribution < -0.4 is 10.2 Å². The molecule has 1 heterocycles. The highest BCUT2D eigenvalue weighted by Crippen LogP contribution is 2.18. The van der Waals surface area contributed by atoms with Crippen molar-refractivity contribution in [1.82, 2.24) is 9.80 Å². The number of benzene rings is 2. The van der Waals surface area contributed by atoms with E-state index in [1.54, 1.807) is 0 Å². The summed E-state index contributed by atoms with van der Waals surface area (Å²) in [5.74, 6) is 0.0337. The van der Waals surface area contributed by atoms with Gasteiger partial charge in [-0.3, -0.25) is 14.5 Å². The second-order valence-electron chi connectivity index (χ2n) is 7.20. The molecule has 3 rings (SSSR count). The third-order valence-corrected chi connectivity index (χ3v) is 5.33. The van der Waals surface area contributed by atoms with Gasteiger partial charge in [-0.15, -0.1) is 0 Å². The third-order valence-electron chi connectivity index (χ3n) is 5.33.